The average Bonchev–Trinajstić information content (AvgIpc) is 2.81. The van der Waals surface area contributed by atoms with Gasteiger partial charge in [0.15, 0.2) is 5.15 Å². The fourth-order valence-corrected chi connectivity index (χ4v) is 2.61. The van der Waals surface area contributed by atoms with Gasteiger partial charge in [-0.1, -0.05) is 17.5 Å². The molecule has 0 saturated heterocycles. The zero-order valence-corrected chi connectivity index (χ0v) is 12.5. The Hall–Kier alpha value is -1.90. The highest BCUT2D eigenvalue weighted by atomic mass is 35.5. The van der Waals surface area contributed by atoms with Gasteiger partial charge in [0.2, 0.25) is 0 Å². The van der Waals surface area contributed by atoms with Crippen LogP contribution < -0.4 is 5.32 Å². The first-order valence-electron chi connectivity index (χ1n) is 5.80. The van der Waals surface area contributed by atoms with Crippen LogP contribution in [-0.4, -0.2) is 21.4 Å². The number of halogens is 1. The second-order valence-corrected chi connectivity index (χ2v) is 5.96. The van der Waals surface area contributed by atoms with Gasteiger partial charge in [0.05, 0.1) is 5.54 Å². The number of amides is 1. The van der Waals surface area contributed by atoms with Crippen LogP contribution in [0.5, 0.6) is 0 Å². The van der Waals surface area contributed by atoms with E-state index in [1.54, 1.807) is 32.3 Å². The number of hydrogen-bond donors (Lipinski definition) is 1. The molecule has 0 spiro atoms. The Labute approximate surface area is 126 Å². The SMILES string of the molecule is C#CC(C)(C)NC(=O)c1sc(-c2cccnc2)nc1Cl. The molecule has 1 amide bonds. The molecule has 0 aliphatic carbocycles. The first-order valence-corrected chi connectivity index (χ1v) is 6.99. The van der Waals surface area contributed by atoms with Crippen LogP contribution in [0.2, 0.25) is 5.15 Å². The summed E-state index contributed by atoms with van der Waals surface area (Å²) in [7, 11) is 0. The van der Waals surface area contributed by atoms with Crippen molar-refractivity contribution in [3.8, 4) is 22.9 Å². The van der Waals surface area contributed by atoms with Crippen LogP contribution >= 0.6 is 22.9 Å². The molecule has 0 radical (unpaired) electrons. The topological polar surface area (TPSA) is 54.9 Å². The molecule has 2 rings (SSSR count). The van der Waals surface area contributed by atoms with Gasteiger partial charge >= 0.3 is 0 Å². The van der Waals surface area contributed by atoms with Crippen LogP contribution in [0.15, 0.2) is 24.5 Å². The van der Waals surface area contributed by atoms with E-state index < -0.39 is 5.54 Å². The molecular weight excluding hydrogens is 294 g/mol. The van der Waals surface area contributed by atoms with E-state index in [0.29, 0.717) is 9.88 Å². The van der Waals surface area contributed by atoms with Crippen LogP contribution in [0, 0.1) is 12.3 Å². The molecule has 0 unspecified atom stereocenters. The minimum atomic E-state index is -0.737. The van der Waals surface area contributed by atoms with E-state index in [2.05, 4.69) is 21.2 Å². The van der Waals surface area contributed by atoms with E-state index in [1.807, 2.05) is 6.07 Å². The molecule has 0 aliphatic heterocycles. The van der Waals surface area contributed by atoms with Crippen LogP contribution in [0.3, 0.4) is 0 Å². The molecule has 0 bridgehead atoms. The Balaban J connectivity index is 2.29. The molecule has 102 valence electrons. The van der Waals surface area contributed by atoms with Gasteiger partial charge in [-0.2, -0.15) is 0 Å². The first-order chi connectivity index (χ1) is 9.43. The Morgan fingerprint density at radius 3 is 2.90 bits per heavy atom. The third-order valence-corrected chi connectivity index (χ3v) is 3.98. The molecule has 2 aromatic rings. The largest absolute Gasteiger partial charge is 0.335 e. The number of nitrogens with zero attached hydrogens (tertiary/aromatic N) is 2. The lowest BCUT2D eigenvalue weighted by molar-refractivity contribution is 0.0934. The van der Waals surface area contributed by atoms with Gasteiger partial charge in [0.25, 0.3) is 5.91 Å². The summed E-state index contributed by atoms with van der Waals surface area (Å²) in [5.41, 5.74) is 0.0773. The molecule has 0 saturated carbocycles. The van der Waals surface area contributed by atoms with Crippen molar-refractivity contribution in [1.82, 2.24) is 15.3 Å². The molecule has 0 atom stereocenters. The number of carbonyl (C=O) groups is 1. The summed E-state index contributed by atoms with van der Waals surface area (Å²) in [6.45, 7) is 3.48. The monoisotopic (exact) mass is 305 g/mol. The lowest BCUT2D eigenvalue weighted by atomic mass is 10.1. The lowest BCUT2D eigenvalue weighted by Gasteiger charge is -2.18. The van der Waals surface area contributed by atoms with Crippen LogP contribution in [0.25, 0.3) is 10.6 Å². The smallest absolute Gasteiger partial charge is 0.265 e. The molecule has 6 heteroatoms. The summed E-state index contributed by atoms with van der Waals surface area (Å²) in [5, 5.41) is 3.53. The Bertz CT molecular complexity index is 673. The van der Waals surface area contributed by atoms with Crippen molar-refractivity contribution in [3.05, 3.63) is 34.6 Å². The van der Waals surface area contributed by atoms with Crippen LogP contribution in [0.4, 0.5) is 0 Å². The number of terminal acetylenes is 1. The Morgan fingerprint density at radius 2 is 2.30 bits per heavy atom. The molecule has 2 heterocycles. The van der Waals surface area contributed by atoms with Crippen molar-refractivity contribution in [3.63, 3.8) is 0 Å². The van der Waals surface area contributed by atoms with Crippen molar-refractivity contribution < 1.29 is 4.79 Å². The summed E-state index contributed by atoms with van der Waals surface area (Å²) in [6.07, 6.45) is 8.69. The first kappa shape index (κ1) is 14.5. The highest BCUT2D eigenvalue weighted by molar-refractivity contribution is 7.17. The van der Waals surface area contributed by atoms with E-state index in [4.69, 9.17) is 18.0 Å². The zero-order valence-electron chi connectivity index (χ0n) is 11.0. The van der Waals surface area contributed by atoms with Gasteiger partial charge in [-0.15, -0.1) is 17.8 Å². The quantitative estimate of drug-likeness (QED) is 0.887. The molecule has 1 N–H and O–H groups in total. The molecular formula is C14H12ClN3OS. The maximum atomic E-state index is 12.1. The maximum Gasteiger partial charge on any atom is 0.265 e. The highest BCUT2D eigenvalue weighted by Crippen LogP contribution is 2.30. The second kappa shape index (κ2) is 5.61. The van der Waals surface area contributed by atoms with Gasteiger partial charge in [-0.05, 0) is 26.0 Å². The average molecular weight is 306 g/mol. The van der Waals surface area contributed by atoms with E-state index in [0.717, 1.165) is 5.56 Å². The number of rotatable bonds is 3. The summed E-state index contributed by atoms with van der Waals surface area (Å²) < 4.78 is 0. The molecule has 4 nitrogen and oxygen atoms in total. The summed E-state index contributed by atoms with van der Waals surface area (Å²) in [6, 6.07) is 3.65. The van der Waals surface area contributed by atoms with Crippen molar-refractivity contribution in [2.24, 2.45) is 0 Å². The van der Waals surface area contributed by atoms with Crippen molar-refractivity contribution >= 4 is 28.8 Å². The van der Waals surface area contributed by atoms with Crippen molar-refractivity contribution in [2.75, 3.05) is 0 Å². The molecule has 0 aliphatic rings. The van der Waals surface area contributed by atoms with Gasteiger partial charge in [0.1, 0.15) is 9.88 Å². The minimum Gasteiger partial charge on any atom is -0.335 e. The molecule has 20 heavy (non-hydrogen) atoms. The predicted molar refractivity (Wildman–Crippen MR) is 80.7 cm³/mol. The predicted octanol–water partition coefficient (Wildman–Crippen LogP) is 3.00. The number of thiazole rings is 1. The highest BCUT2D eigenvalue weighted by Gasteiger charge is 2.23. The van der Waals surface area contributed by atoms with Crippen molar-refractivity contribution in [1.29, 1.82) is 0 Å². The fourth-order valence-electron chi connectivity index (χ4n) is 1.43. The number of nitrogens with one attached hydrogen (secondary N) is 1. The Morgan fingerprint density at radius 1 is 1.55 bits per heavy atom. The third-order valence-electron chi connectivity index (χ3n) is 2.49. The molecule has 0 fully saturated rings. The van der Waals surface area contributed by atoms with E-state index in [-0.39, 0.29) is 11.1 Å². The van der Waals surface area contributed by atoms with E-state index in [1.165, 1.54) is 11.3 Å². The normalized spacial score (nSPS) is 10.9. The van der Waals surface area contributed by atoms with Crippen molar-refractivity contribution in [2.45, 2.75) is 19.4 Å². The summed E-state index contributed by atoms with van der Waals surface area (Å²) in [4.78, 5) is 20.7. The maximum absolute atomic E-state index is 12.1. The Kier molecular flexibility index (Phi) is 4.07. The number of aromatic nitrogens is 2. The second-order valence-electron chi connectivity index (χ2n) is 4.60. The molecule has 2 aromatic heterocycles. The van der Waals surface area contributed by atoms with Crippen LogP contribution in [-0.2, 0) is 0 Å². The molecule has 0 aromatic carbocycles. The minimum absolute atomic E-state index is 0.166. The number of hydrogen-bond acceptors (Lipinski definition) is 4. The third kappa shape index (κ3) is 3.16. The lowest BCUT2D eigenvalue weighted by Crippen LogP contribution is -2.41. The van der Waals surface area contributed by atoms with Gasteiger partial charge in [-0.25, -0.2) is 4.98 Å². The summed E-state index contributed by atoms with van der Waals surface area (Å²) in [5.74, 6) is 2.17. The van der Waals surface area contributed by atoms with E-state index in [9.17, 15) is 4.79 Å². The standard InChI is InChI=1S/C14H12ClN3OS/c1-4-14(2,3)18-12(19)10-11(15)17-13(20-10)9-6-5-7-16-8-9/h1,5-8H,2-3H3,(H,18,19). The number of carbonyl (C=O) groups excluding carboxylic acids is 1. The van der Waals surface area contributed by atoms with Gasteiger partial charge in [0, 0.05) is 18.0 Å². The van der Waals surface area contributed by atoms with Gasteiger partial charge in [-0.3, -0.25) is 9.78 Å². The number of pyridine rings is 1. The van der Waals surface area contributed by atoms with Crippen LogP contribution in [0.1, 0.15) is 23.5 Å². The zero-order chi connectivity index (χ0) is 14.8. The van der Waals surface area contributed by atoms with Gasteiger partial charge < -0.3 is 5.32 Å². The summed E-state index contributed by atoms with van der Waals surface area (Å²) >= 11 is 7.24. The van der Waals surface area contributed by atoms with E-state index >= 15 is 0 Å². The fraction of sp³-hybridized carbons (Fsp3) is 0.214.